The van der Waals surface area contributed by atoms with E-state index in [9.17, 15) is 9.59 Å². The Morgan fingerprint density at radius 1 is 1.21 bits per heavy atom. The van der Waals surface area contributed by atoms with Crippen molar-refractivity contribution in [1.82, 2.24) is 9.97 Å². The van der Waals surface area contributed by atoms with Crippen molar-refractivity contribution >= 4 is 29.3 Å². The van der Waals surface area contributed by atoms with Crippen molar-refractivity contribution in [2.45, 2.75) is 50.3 Å². The first-order valence-corrected chi connectivity index (χ1v) is 12.4. The molecular formula is C27H29N3O3S. The predicted molar refractivity (Wildman–Crippen MR) is 135 cm³/mol. The number of anilines is 1. The van der Waals surface area contributed by atoms with Gasteiger partial charge in [-0.05, 0) is 73.9 Å². The number of Topliss-reactive ketones (excluding diaryl/α,β-unsaturated/α-hetero) is 1. The number of hydrogen-bond donors (Lipinski definition) is 1. The minimum atomic E-state index is -0.724. The minimum absolute atomic E-state index is 0.0133. The molecule has 4 rings (SSSR count). The molecule has 1 N–H and O–H groups in total. The summed E-state index contributed by atoms with van der Waals surface area (Å²) in [5, 5.41) is 2.91. The van der Waals surface area contributed by atoms with E-state index in [1.807, 2.05) is 50.2 Å². The number of ketones is 1. The highest BCUT2D eigenvalue weighted by atomic mass is 32.2. The van der Waals surface area contributed by atoms with E-state index in [2.05, 4.69) is 22.2 Å². The van der Waals surface area contributed by atoms with Crippen LogP contribution in [0.4, 0.5) is 5.82 Å². The number of methoxy groups -OCH3 is 1. The fourth-order valence-electron chi connectivity index (χ4n) is 4.37. The summed E-state index contributed by atoms with van der Waals surface area (Å²) in [4.78, 5) is 36.5. The number of carbonyl (C=O) groups excluding carboxylic acids is 2. The Balaban J connectivity index is 1.50. The number of benzene rings is 1. The van der Waals surface area contributed by atoms with Gasteiger partial charge in [-0.25, -0.2) is 4.98 Å². The third-order valence-electron chi connectivity index (χ3n) is 6.29. The van der Waals surface area contributed by atoms with E-state index in [1.165, 1.54) is 4.90 Å². The Kier molecular flexibility index (Phi) is 7.03. The second-order valence-corrected chi connectivity index (χ2v) is 10.0. The van der Waals surface area contributed by atoms with Crippen molar-refractivity contribution in [3.63, 3.8) is 0 Å². The third kappa shape index (κ3) is 4.85. The standard InChI is InChI=1S/C27H29N3O3S/c1-5-34-20-9-6-18(7-10-20)15-24(31)30-23-14-17(2)25-21(29-23)12-13-27(3,26(25)32)22-11-8-19(33-4)16-28-22/h6-11,14,16H,5,12-13,15H2,1-4H3,(H,29,30,31). The van der Waals surface area contributed by atoms with Crippen molar-refractivity contribution in [2.75, 3.05) is 18.2 Å². The normalized spacial score (nSPS) is 17.2. The molecule has 0 bridgehead atoms. The molecule has 1 atom stereocenters. The van der Waals surface area contributed by atoms with Gasteiger partial charge in [-0.3, -0.25) is 14.6 Å². The highest BCUT2D eigenvalue weighted by Gasteiger charge is 2.42. The first-order chi connectivity index (χ1) is 16.3. The van der Waals surface area contributed by atoms with Gasteiger partial charge in [0.15, 0.2) is 5.78 Å². The molecule has 6 nitrogen and oxygen atoms in total. The van der Waals surface area contributed by atoms with Crippen LogP contribution in [0.5, 0.6) is 5.75 Å². The van der Waals surface area contributed by atoms with Crippen molar-refractivity contribution in [3.05, 3.63) is 76.7 Å². The van der Waals surface area contributed by atoms with E-state index < -0.39 is 5.41 Å². The zero-order valence-corrected chi connectivity index (χ0v) is 20.8. The molecule has 1 aliphatic carbocycles. The summed E-state index contributed by atoms with van der Waals surface area (Å²) in [7, 11) is 1.59. The van der Waals surface area contributed by atoms with Crippen LogP contribution in [0.3, 0.4) is 0 Å². The molecule has 0 saturated heterocycles. The van der Waals surface area contributed by atoms with Crippen molar-refractivity contribution < 1.29 is 14.3 Å². The van der Waals surface area contributed by atoms with Gasteiger partial charge < -0.3 is 10.1 Å². The van der Waals surface area contributed by atoms with Crippen molar-refractivity contribution in [1.29, 1.82) is 0 Å². The first kappa shape index (κ1) is 24.0. The highest BCUT2D eigenvalue weighted by Crippen LogP contribution is 2.39. The highest BCUT2D eigenvalue weighted by molar-refractivity contribution is 7.99. The zero-order valence-electron chi connectivity index (χ0n) is 20.0. The molecule has 0 saturated carbocycles. The van der Waals surface area contributed by atoms with Gasteiger partial charge in [0.05, 0.1) is 36.5 Å². The summed E-state index contributed by atoms with van der Waals surface area (Å²) in [5.74, 6) is 2.04. The summed E-state index contributed by atoms with van der Waals surface area (Å²) >= 11 is 1.77. The fourth-order valence-corrected chi connectivity index (χ4v) is 5.03. The molecule has 1 amide bonds. The lowest BCUT2D eigenvalue weighted by Crippen LogP contribution is -2.39. The van der Waals surface area contributed by atoms with Crippen LogP contribution in [0.2, 0.25) is 0 Å². The number of fused-ring (bicyclic) bond motifs is 1. The molecule has 34 heavy (non-hydrogen) atoms. The molecule has 2 heterocycles. The van der Waals surface area contributed by atoms with Gasteiger partial charge >= 0.3 is 0 Å². The summed E-state index contributed by atoms with van der Waals surface area (Å²) in [6.45, 7) is 5.95. The maximum absolute atomic E-state index is 13.6. The van der Waals surface area contributed by atoms with Crippen molar-refractivity contribution in [3.8, 4) is 5.75 Å². The number of nitrogens with one attached hydrogen (secondary N) is 1. The number of amides is 1. The third-order valence-corrected chi connectivity index (χ3v) is 7.18. The molecule has 0 radical (unpaired) electrons. The molecule has 0 spiro atoms. The lowest BCUT2D eigenvalue weighted by molar-refractivity contribution is -0.115. The Morgan fingerprint density at radius 3 is 2.62 bits per heavy atom. The first-order valence-electron chi connectivity index (χ1n) is 11.4. The van der Waals surface area contributed by atoms with Gasteiger partial charge in [-0.2, -0.15) is 0 Å². The summed E-state index contributed by atoms with van der Waals surface area (Å²) in [5.41, 5.74) is 3.12. The lowest BCUT2D eigenvalue weighted by Gasteiger charge is -2.33. The van der Waals surface area contributed by atoms with Gasteiger partial charge in [0.25, 0.3) is 0 Å². The van der Waals surface area contributed by atoms with Crippen LogP contribution in [-0.2, 0) is 23.1 Å². The average molecular weight is 476 g/mol. The number of hydrogen-bond acceptors (Lipinski definition) is 6. The van der Waals surface area contributed by atoms with Crippen LogP contribution in [0.25, 0.3) is 0 Å². The number of aryl methyl sites for hydroxylation is 2. The molecule has 2 aromatic heterocycles. The Morgan fingerprint density at radius 2 is 1.97 bits per heavy atom. The number of pyridine rings is 2. The monoisotopic (exact) mass is 475 g/mol. The van der Waals surface area contributed by atoms with Crippen molar-refractivity contribution in [2.24, 2.45) is 0 Å². The van der Waals surface area contributed by atoms with Gasteiger partial charge in [-0.15, -0.1) is 11.8 Å². The van der Waals surface area contributed by atoms with Crippen LogP contribution in [0.15, 0.2) is 53.6 Å². The quantitative estimate of drug-likeness (QED) is 0.475. The SMILES string of the molecule is CCSc1ccc(CC(=O)Nc2cc(C)c3c(n2)CCC(C)(c2ccc(OC)cn2)C3=O)cc1. The van der Waals surface area contributed by atoms with E-state index in [1.54, 1.807) is 31.1 Å². The maximum atomic E-state index is 13.6. The van der Waals surface area contributed by atoms with E-state index in [0.717, 1.165) is 28.3 Å². The van der Waals surface area contributed by atoms with Crippen LogP contribution >= 0.6 is 11.8 Å². The second-order valence-electron chi connectivity index (χ2n) is 8.69. The lowest BCUT2D eigenvalue weighted by atomic mass is 9.70. The summed E-state index contributed by atoms with van der Waals surface area (Å²) < 4.78 is 5.20. The molecule has 176 valence electrons. The van der Waals surface area contributed by atoms with Gasteiger partial charge in [0.2, 0.25) is 5.91 Å². The largest absolute Gasteiger partial charge is 0.495 e. The van der Waals surface area contributed by atoms with Crippen LogP contribution < -0.4 is 10.1 Å². The number of ether oxygens (including phenoxy) is 1. The van der Waals surface area contributed by atoms with Crippen LogP contribution in [-0.4, -0.2) is 34.5 Å². The van der Waals surface area contributed by atoms with Gasteiger partial charge in [0, 0.05) is 10.5 Å². The molecule has 1 aromatic carbocycles. The number of carbonyl (C=O) groups is 2. The minimum Gasteiger partial charge on any atom is -0.495 e. The van der Waals surface area contributed by atoms with E-state index >= 15 is 0 Å². The van der Waals surface area contributed by atoms with Crippen LogP contribution in [0, 0.1) is 6.92 Å². The summed E-state index contributed by atoms with van der Waals surface area (Å²) in [6.07, 6.45) is 3.15. The zero-order chi connectivity index (χ0) is 24.3. The molecule has 3 aromatic rings. The molecular weight excluding hydrogens is 446 g/mol. The molecule has 7 heteroatoms. The van der Waals surface area contributed by atoms with Crippen LogP contribution in [0.1, 0.15) is 53.1 Å². The molecule has 1 aliphatic rings. The predicted octanol–water partition coefficient (Wildman–Crippen LogP) is 5.17. The van der Waals surface area contributed by atoms with E-state index in [0.29, 0.717) is 30.0 Å². The Bertz CT molecular complexity index is 1210. The van der Waals surface area contributed by atoms with Gasteiger partial charge in [-0.1, -0.05) is 19.1 Å². The fraction of sp³-hybridized carbons (Fsp3) is 0.333. The van der Waals surface area contributed by atoms with Gasteiger partial charge in [0.1, 0.15) is 11.6 Å². The number of thioether (sulfide) groups is 1. The molecule has 1 unspecified atom stereocenters. The number of aromatic nitrogens is 2. The Labute approximate surface area is 204 Å². The molecule has 0 fully saturated rings. The van der Waals surface area contributed by atoms with E-state index in [4.69, 9.17) is 4.74 Å². The average Bonchev–Trinajstić information content (AvgIpc) is 2.83. The number of nitrogens with zero attached hydrogens (tertiary/aromatic N) is 2. The maximum Gasteiger partial charge on any atom is 0.229 e. The topological polar surface area (TPSA) is 81.2 Å². The van der Waals surface area contributed by atoms with E-state index in [-0.39, 0.29) is 18.1 Å². The summed E-state index contributed by atoms with van der Waals surface area (Å²) in [6, 6.07) is 13.5. The smallest absolute Gasteiger partial charge is 0.229 e. The number of rotatable bonds is 7. The Hall–Kier alpha value is -3.19. The molecule has 0 aliphatic heterocycles. The second kappa shape index (κ2) is 9.97.